The summed E-state index contributed by atoms with van der Waals surface area (Å²) in [5, 5.41) is 6.72. The van der Waals surface area contributed by atoms with E-state index in [2.05, 4.69) is 54.8 Å². The maximum Gasteiger partial charge on any atom is 0.257 e. The van der Waals surface area contributed by atoms with Gasteiger partial charge in [0, 0.05) is 38.3 Å². The Kier molecular flexibility index (Phi) is 6.83. The highest BCUT2D eigenvalue weighted by molar-refractivity contribution is 6.34. The average Bonchev–Trinajstić information content (AvgIpc) is 3.52. The van der Waals surface area contributed by atoms with Crippen molar-refractivity contribution >= 4 is 34.4 Å². The van der Waals surface area contributed by atoms with Crippen molar-refractivity contribution in [2.45, 2.75) is 19.0 Å². The zero-order valence-corrected chi connectivity index (χ0v) is 20.2. The second-order valence-corrected chi connectivity index (χ2v) is 9.01. The first kappa shape index (κ1) is 23.1. The first-order valence-electron chi connectivity index (χ1n) is 11.6. The average molecular weight is 491 g/mol. The number of carbonyl (C=O) groups is 1. The summed E-state index contributed by atoms with van der Waals surface area (Å²) in [5.74, 6) is 1.05. The monoisotopic (exact) mass is 490 g/mol. The fourth-order valence-electron chi connectivity index (χ4n) is 4.31. The highest BCUT2D eigenvalue weighted by atomic mass is 35.5. The molecule has 0 bridgehead atoms. The van der Waals surface area contributed by atoms with Gasteiger partial charge in [0.15, 0.2) is 12.3 Å². The van der Waals surface area contributed by atoms with Crippen molar-refractivity contribution in [3.8, 4) is 17.1 Å². The molecule has 1 aliphatic rings. The third-order valence-corrected chi connectivity index (χ3v) is 6.39. The van der Waals surface area contributed by atoms with Crippen LogP contribution in [0.25, 0.3) is 22.6 Å². The smallest absolute Gasteiger partial charge is 0.257 e. The SMILES string of the molecule is CNC(=O)COc1cccc(-c2nc3ncc(Cl)c(N[C@H]4CCN(Cc5ccccc5)C4)c3[nH]2)c1. The molecule has 5 rings (SSSR count). The quantitative estimate of drug-likeness (QED) is 0.344. The number of aromatic amines is 1. The number of fused-ring (bicyclic) bond motifs is 1. The molecule has 35 heavy (non-hydrogen) atoms. The van der Waals surface area contributed by atoms with Crippen LogP contribution in [0.2, 0.25) is 5.02 Å². The molecule has 1 saturated heterocycles. The van der Waals surface area contributed by atoms with E-state index in [1.54, 1.807) is 19.3 Å². The first-order chi connectivity index (χ1) is 17.1. The van der Waals surface area contributed by atoms with Gasteiger partial charge in [-0.15, -0.1) is 0 Å². The van der Waals surface area contributed by atoms with Crippen molar-refractivity contribution in [1.29, 1.82) is 0 Å². The molecule has 3 N–H and O–H groups in total. The summed E-state index contributed by atoms with van der Waals surface area (Å²) < 4.78 is 5.57. The summed E-state index contributed by atoms with van der Waals surface area (Å²) in [6.45, 7) is 2.84. The number of likely N-dealkylation sites (N-methyl/N-ethyl adjacent to an activating group) is 1. The minimum atomic E-state index is -0.192. The Labute approximate surface area is 208 Å². The number of nitrogens with zero attached hydrogens (tertiary/aromatic N) is 3. The normalized spacial score (nSPS) is 15.9. The minimum absolute atomic E-state index is 0.0476. The lowest BCUT2D eigenvalue weighted by Gasteiger charge is -2.18. The van der Waals surface area contributed by atoms with Crippen molar-refractivity contribution in [2.24, 2.45) is 0 Å². The van der Waals surface area contributed by atoms with Gasteiger partial charge in [-0.3, -0.25) is 9.69 Å². The van der Waals surface area contributed by atoms with E-state index in [1.165, 1.54) is 5.56 Å². The molecule has 1 atom stereocenters. The van der Waals surface area contributed by atoms with Crippen LogP contribution in [0.5, 0.6) is 5.75 Å². The first-order valence-corrected chi connectivity index (χ1v) is 12.0. The lowest BCUT2D eigenvalue weighted by Crippen LogP contribution is -2.26. The minimum Gasteiger partial charge on any atom is -0.484 e. The molecular weight excluding hydrogens is 464 g/mol. The summed E-state index contributed by atoms with van der Waals surface area (Å²) >= 11 is 6.57. The fourth-order valence-corrected chi connectivity index (χ4v) is 4.50. The summed E-state index contributed by atoms with van der Waals surface area (Å²) in [6.07, 6.45) is 2.66. The number of ether oxygens (including phenoxy) is 1. The predicted octanol–water partition coefficient (Wildman–Crippen LogP) is 4.09. The Bertz CT molecular complexity index is 1330. The second-order valence-electron chi connectivity index (χ2n) is 8.61. The summed E-state index contributed by atoms with van der Waals surface area (Å²) in [5.41, 5.74) is 4.31. The maximum absolute atomic E-state index is 11.5. The number of imidazole rings is 1. The number of H-pyrrole nitrogens is 1. The van der Waals surface area contributed by atoms with Gasteiger partial charge in [0.05, 0.1) is 16.9 Å². The summed E-state index contributed by atoms with van der Waals surface area (Å²) in [7, 11) is 1.58. The Morgan fingerprint density at radius 2 is 2.09 bits per heavy atom. The van der Waals surface area contributed by atoms with Crippen LogP contribution in [-0.4, -0.2) is 58.5 Å². The van der Waals surface area contributed by atoms with Crippen molar-refractivity contribution < 1.29 is 9.53 Å². The molecule has 2 aromatic heterocycles. The molecule has 0 unspecified atom stereocenters. The van der Waals surface area contributed by atoms with Crippen LogP contribution in [0.15, 0.2) is 60.8 Å². The number of aromatic nitrogens is 3. The van der Waals surface area contributed by atoms with E-state index in [1.807, 2.05) is 24.3 Å². The Hall–Kier alpha value is -3.62. The zero-order valence-electron chi connectivity index (χ0n) is 19.4. The molecule has 3 heterocycles. The number of hydrogen-bond donors (Lipinski definition) is 3. The number of rotatable bonds is 8. The molecular formula is C26H27ClN6O2. The van der Waals surface area contributed by atoms with E-state index in [9.17, 15) is 4.79 Å². The Balaban J connectivity index is 1.33. The van der Waals surface area contributed by atoms with Crippen molar-refractivity contribution in [3.05, 3.63) is 71.4 Å². The van der Waals surface area contributed by atoms with Gasteiger partial charge in [-0.05, 0) is 24.1 Å². The van der Waals surface area contributed by atoms with Crippen molar-refractivity contribution in [3.63, 3.8) is 0 Å². The standard InChI is InChI=1S/C26H27ClN6O2/c1-28-22(34)16-35-20-9-5-8-18(12-20)25-31-24-23(21(27)13-29-26(24)32-25)30-19-10-11-33(15-19)14-17-6-3-2-4-7-17/h2-9,12-13,19H,10-11,14-16H2,1H3,(H,28,34)(H2,29,30,31,32)/t19-/m0/s1. The van der Waals surface area contributed by atoms with Crippen molar-refractivity contribution in [2.75, 3.05) is 32.1 Å². The Morgan fingerprint density at radius 1 is 1.23 bits per heavy atom. The van der Waals surface area contributed by atoms with E-state index in [4.69, 9.17) is 16.3 Å². The summed E-state index contributed by atoms with van der Waals surface area (Å²) in [6, 6.07) is 18.2. The number of anilines is 1. The lowest BCUT2D eigenvalue weighted by molar-refractivity contribution is -0.122. The number of likely N-dealkylation sites (tertiary alicyclic amines) is 1. The van der Waals surface area contributed by atoms with Gasteiger partial charge in [0.2, 0.25) is 0 Å². The maximum atomic E-state index is 11.5. The number of hydrogen-bond acceptors (Lipinski definition) is 6. The molecule has 8 nitrogen and oxygen atoms in total. The molecule has 0 spiro atoms. The number of carbonyl (C=O) groups excluding carboxylic acids is 1. The van der Waals surface area contributed by atoms with Crippen LogP contribution >= 0.6 is 11.6 Å². The van der Waals surface area contributed by atoms with Gasteiger partial charge in [-0.2, -0.15) is 0 Å². The molecule has 1 amide bonds. The molecule has 1 aliphatic heterocycles. The third kappa shape index (κ3) is 5.39. The van der Waals surface area contributed by atoms with Gasteiger partial charge in [-0.25, -0.2) is 9.97 Å². The van der Waals surface area contributed by atoms with Gasteiger partial charge < -0.3 is 20.4 Å². The van der Waals surface area contributed by atoms with Gasteiger partial charge in [0.1, 0.15) is 17.1 Å². The molecule has 180 valence electrons. The van der Waals surface area contributed by atoms with Gasteiger partial charge >= 0.3 is 0 Å². The van der Waals surface area contributed by atoms with Crippen LogP contribution in [0, 0.1) is 0 Å². The van der Waals surface area contributed by atoms with Crippen LogP contribution in [0.1, 0.15) is 12.0 Å². The molecule has 9 heteroatoms. The molecule has 0 aliphatic carbocycles. The predicted molar refractivity (Wildman–Crippen MR) is 138 cm³/mol. The van der Waals surface area contributed by atoms with Crippen LogP contribution in [0.4, 0.5) is 5.69 Å². The van der Waals surface area contributed by atoms with Crippen molar-refractivity contribution in [1.82, 2.24) is 25.2 Å². The Morgan fingerprint density at radius 3 is 2.91 bits per heavy atom. The lowest BCUT2D eigenvalue weighted by atomic mass is 10.2. The highest BCUT2D eigenvalue weighted by Crippen LogP contribution is 2.32. The number of nitrogens with one attached hydrogen (secondary N) is 3. The molecule has 1 fully saturated rings. The summed E-state index contributed by atoms with van der Waals surface area (Å²) in [4.78, 5) is 26.4. The van der Waals surface area contributed by atoms with E-state index in [0.29, 0.717) is 22.2 Å². The highest BCUT2D eigenvalue weighted by Gasteiger charge is 2.24. The fraction of sp³-hybridized carbons (Fsp3) is 0.269. The number of pyridine rings is 1. The van der Waals surface area contributed by atoms with E-state index in [0.717, 1.165) is 42.8 Å². The number of halogens is 1. The largest absolute Gasteiger partial charge is 0.484 e. The topological polar surface area (TPSA) is 95.2 Å². The molecule has 4 aromatic rings. The third-order valence-electron chi connectivity index (χ3n) is 6.10. The van der Waals surface area contributed by atoms with Crippen LogP contribution < -0.4 is 15.4 Å². The number of benzene rings is 2. The van der Waals surface area contributed by atoms with E-state index >= 15 is 0 Å². The van der Waals surface area contributed by atoms with Crippen LogP contribution in [0.3, 0.4) is 0 Å². The van der Waals surface area contributed by atoms with Crippen LogP contribution in [-0.2, 0) is 11.3 Å². The van der Waals surface area contributed by atoms with E-state index < -0.39 is 0 Å². The molecule has 0 radical (unpaired) electrons. The second kappa shape index (κ2) is 10.3. The number of amides is 1. The van der Waals surface area contributed by atoms with E-state index in [-0.39, 0.29) is 18.6 Å². The molecule has 2 aromatic carbocycles. The van der Waals surface area contributed by atoms with Gasteiger partial charge in [0.25, 0.3) is 5.91 Å². The zero-order chi connectivity index (χ0) is 24.2. The molecule has 0 saturated carbocycles. The van der Waals surface area contributed by atoms with Gasteiger partial charge in [-0.1, -0.05) is 54.1 Å².